The zero-order valence-corrected chi connectivity index (χ0v) is 13.7. The summed E-state index contributed by atoms with van der Waals surface area (Å²) in [6, 6.07) is 6.02. The van der Waals surface area contributed by atoms with Gasteiger partial charge in [-0.2, -0.15) is 0 Å². The zero-order chi connectivity index (χ0) is 15.4. The first kappa shape index (κ1) is 15.8. The molecule has 1 amide bonds. The first-order valence-electron chi connectivity index (χ1n) is 7.40. The number of halogens is 1. The number of likely N-dealkylation sites (N-methyl/N-ethyl adjacent to an activating group) is 1. The highest BCUT2D eigenvalue weighted by atomic mass is 35.5. The van der Waals surface area contributed by atoms with E-state index in [4.69, 9.17) is 11.6 Å². The Morgan fingerprint density at radius 1 is 1.33 bits per heavy atom. The molecule has 2 rings (SSSR count). The molecule has 114 valence electrons. The average Bonchev–Trinajstić information content (AvgIpc) is 2.80. The van der Waals surface area contributed by atoms with E-state index in [-0.39, 0.29) is 5.91 Å². The molecule has 5 heteroatoms. The van der Waals surface area contributed by atoms with Crippen LogP contribution >= 0.6 is 11.6 Å². The SMILES string of the molecule is CCN(CC)C(=O)Cn1c(CCCl)nc2cccc(C)c21. The van der Waals surface area contributed by atoms with Gasteiger partial charge in [-0.15, -0.1) is 11.6 Å². The summed E-state index contributed by atoms with van der Waals surface area (Å²) in [5.41, 5.74) is 3.11. The van der Waals surface area contributed by atoms with Crippen molar-refractivity contribution in [1.82, 2.24) is 14.5 Å². The van der Waals surface area contributed by atoms with E-state index in [9.17, 15) is 4.79 Å². The molecule has 0 aliphatic carbocycles. The summed E-state index contributed by atoms with van der Waals surface area (Å²) >= 11 is 5.88. The first-order chi connectivity index (χ1) is 10.1. The van der Waals surface area contributed by atoms with Crippen molar-refractivity contribution in [3.05, 3.63) is 29.6 Å². The minimum atomic E-state index is 0.123. The van der Waals surface area contributed by atoms with Gasteiger partial charge in [-0.3, -0.25) is 4.79 Å². The Bertz CT molecular complexity index is 632. The van der Waals surface area contributed by atoms with Gasteiger partial charge in [-0.25, -0.2) is 4.98 Å². The Labute approximate surface area is 130 Å². The van der Waals surface area contributed by atoms with E-state index < -0.39 is 0 Å². The van der Waals surface area contributed by atoms with E-state index in [1.807, 2.05) is 48.4 Å². The van der Waals surface area contributed by atoms with Crippen molar-refractivity contribution < 1.29 is 4.79 Å². The molecule has 2 aromatic rings. The third kappa shape index (κ3) is 3.21. The molecule has 0 saturated heterocycles. The molecular formula is C16H22ClN3O. The van der Waals surface area contributed by atoms with Crippen molar-refractivity contribution in [1.29, 1.82) is 0 Å². The number of hydrogen-bond donors (Lipinski definition) is 0. The van der Waals surface area contributed by atoms with E-state index in [0.29, 0.717) is 18.8 Å². The van der Waals surface area contributed by atoms with Gasteiger partial charge in [0.2, 0.25) is 5.91 Å². The second-order valence-corrected chi connectivity index (χ2v) is 5.44. The summed E-state index contributed by atoms with van der Waals surface area (Å²) in [7, 11) is 0. The summed E-state index contributed by atoms with van der Waals surface area (Å²) < 4.78 is 2.02. The molecule has 4 nitrogen and oxygen atoms in total. The number of carbonyl (C=O) groups is 1. The first-order valence-corrected chi connectivity index (χ1v) is 7.94. The number of carbonyl (C=O) groups excluding carboxylic acids is 1. The average molecular weight is 308 g/mol. The third-order valence-corrected chi connectivity index (χ3v) is 3.96. The molecule has 0 radical (unpaired) electrons. The maximum atomic E-state index is 12.4. The number of benzene rings is 1. The lowest BCUT2D eigenvalue weighted by Crippen LogP contribution is -2.33. The number of aromatic nitrogens is 2. The Morgan fingerprint density at radius 2 is 2.05 bits per heavy atom. The molecule has 21 heavy (non-hydrogen) atoms. The number of para-hydroxylation sites is 1. The molecule has 1 heterocycles. The molecule has 0 atom stereocenters. The van der Waals surface area contributed by atoms with Crippen molar-refractivity contribution in [2.45, 2.75) is 33.7 Å². The molecule has 0 N–H and O–H groups in total. The van der Waals surface area contributed by atoms with Gasteiger partial charge in [0.05, 0.1) is 11.0 Å². The van der Waals surface area contributed by atoms with E-state index in [0.717, 1.165) is 35.5 Å². The molecule has 0 aliphatic heterocycles. The Morgan fingerprint density at radius 3 is 2.67 bits per heavy atom. The monoisotopic (exact) mass is 307 g/mol. The number of rotatable bonds is 6. The van der Waals surface area contributed by atoms with E-state index in [1.165, 1.54) is 0 Å². The van der Waals surface area contributed by atoms with Gasteiger partial charge in [0.15, 0.2) is 0 Å². The fraction of sp³-hybridized carbons (Fsp3) is 0.500. The van der Waals surface area contributed by atoms with E-state index in [1.54, 1.807) is 0 Å². The summed E-state index contributed by atoms with van der Waals surface area (Å²) in [6.45, 7) is 7.83. The minimum Gasteiger partial charge on any atom is -0.342 e. The van der Waals surface area contributed by atoms with Gasteiger partial charge in [0.25, 0.3) is 0 Å². The number of amides is 1. The molecule has 0 saturated carbocycles. The lowest BCUT2D eigenvalue weighted by Gasteiger charge is -2.20. The van der Waals surface area contributed by atoms with Crippen LogP contribution in [0.5, 0.6) is 0 Å². The third-order valence-electron chi connectivity index (χ3n) is 3.78. The Balaban J connectivity index is 2.45. The molecule has 1 aromatic carbocycles. The van der Waals surface area contributed by atoms with Crippen molar-refractivity contribution >= 4 is 28.5 Å². The molecule has 0 unspecified atom stereocenters. The van der Waals surface area contributed by atoms with Crippen molar-refractivity contribution in [2.24, 2.45) is 0 Å². The van der Waals surface area contributed by atoms with Crippen LogP contribution in [0.15, 0.2) is 18.2 Å². The van der Waals surface area contributed by atoms with Gasteiger partial charge < -0.3 is 9.47 Å². The highest BCUT2D eigenvalue weighted by molar-refractivity contribution is 6.17. The van der Waals surface area contributed by atoms with Gasteiger partial charge in [0.1, 0.15) is 12.4 Å². The summed E-state index contributed by atoms with van der Waals surface area (Å²) in [4.78, 5) is 18.9. The quantitative estimate of drug-likeness (QED) is 0.770. The minimum absolute atomic E-state index is 0.123. The molecule has 0 spiro atoms. The Hall–Kier alpha value is -1.55. The summed E-state index contributed by atoms with van der Waals surface area (Å²) in [6.07, 6.45) is 0.668. The number of alkyl halides is 1. The predicted octanol–water partition coefficient (Wildman–Crippen LogP) is 2.99. The lowest BCUT2D eigenvalue weighted by atomic mass is 10.2. The zero-order valence-electron chi connectivity index (χ0n) is 12.9. The largest absolute Gasteiger partial charge is 0.342 e. The number of imidazole rings is 1. The fourth-order valence-corrected chi connectivity index (χ4v) is 2.84. The van der Waals surface area contributed by atoms with Crippen molar-refractivity contribution in [2.75, 3.05) is 19.0 Å². The van der Waals surface area contributed by atoms with Crippen LogP contribution in [0.25, 0.3) is 11.0 Å². The number of fused-ring (bicyclic) bond motifs is 1. The molecule has 0 bridgehead atoms. The van der Waals surface area contributed by atoms with Crippen molar-refractivity contribution in [3.63, 3.8) is 0 Å². The summed E-state index contributed by atoms with van der Waals surface area (Å²) in [5, 5.41) is 0. The van der Waals surface area contributed by atoms with Gasteiger partial charge in [-0.1, -0.05) is 12.1 Å². The Kier molecular flexibility index (Phi) is 5.23. The second-order valence-electron chi connectivity index (χ2n) is 5.06. The smallest absolute Gasteiger partial charge is 0.242 e. The van der Waals surface area contributed by atoms with Crippen LogP contribution < -0.4 is 0 Å². The van der Waals surface area contributed by atoms with Crippen molar-refractivity contribution in [3.8, 4) is 0 Å². The highest BCUT2D eigenvalue weighted by Crippen LogP contribution is 2.21. The van der Waals surface area contributed by atoms with E-state index >= 15 is 0 Å². The van der Waals surface area contributed by atoms with Crippen LogP contribution in [0, 0.1) is 6.92 Å². The molecule has 0 fully saturated rings. The highest BCUT2D eigenvalue weighted by Gasteiger charge is 2.17. The lowest BCUT2D eigenvalue weighted by molar-refractivity contribution is -0.131. The number of hydrogen-bond acceptors (Lipinski definition) is 2. The number of nitrogens with zero attached hydrogens (tertiary/aromatic N) is 3. The van der Waals surface area contributed by atoms with Gasteiger partial charge in [-0.05, 0) is 32.4 Å². The molecule has 1 aromatic heterocycles. The maximum absolute atomic E-state index is 12.4. The van der Waals surface area contributed by atoms with Gasteiger partial charge in [0, 0.05) is 25.4 Å². The van der Waals surface area contributed by atoms with Crippen LogP contribution in [0.3, 0.4) is 0 Å². The number of aryl methyl sites for hydroxylation is 2. The van der Waals surface area contributed by atoms with Crippen LogP contribution in [-0.2, 0) is 17.8 Å². The predicted molar refractivity (Wildman–Crippen MR) is 86.8 cm³/mol. The fourth-order valence-electron chi connectivity index (χ4n) is 2.67. The normalized spacial score (nSPS) is 11.0. The van der Waals surface area contributed by atoms with Crippen LogP contribution in [-0.4, -0.2) is 39.3 Å². The van der Waals surface area contributed by atoms with E-state index in [2.05, 4.69) is 4.98 Å². The van der Waals surface area contributed by atoms with Crippen LogP contribution in [0.1, 0.15) is 25.2 Å². The van der Waals surface area contributed by atoms with Gasteiger partial charge >= 0.3 is 0 Å². The standard InChI is InChI=1S/C16H22ClN3O/c1-4-19(5-2)15(21)11-20-14(9-10-17)18-13-8-6-7-12(3)16(13)20/h6-8H,4-5,9-11H2,1-3H3. The van der Waals surface area contributed by atoms with Crippen LogP contribution in [0.2, 0.25) is 0 Å². The maximum Gasteiger partial charge on any atom is 0.242 e. The summed E-state index contributed by atoms with van der Waals surface area (Å²) in [5.74, 6) is 1.51. The second kappa shape index (κ2) is 6.94. The molecule has 0 aliphatic rings. The topological polar surface area (TPSA) is 38.1 Å². The van der Waals surface area contributed by atoms with Crippen LogP contribution in [0.4, 0.5) is 0 Å². The molecular weight excluding hydrogens is 286 g/mol.